The van der Waals surface area contributed by atoms with Crippen molar-refractivity contribution in [3.63, 3.8) is 0 Å². The Morgan fingerprint density at radius 2 is 1.83 bits per heavy atom. The third-order valence-electron chi connectivity index (χ3n) is 7.13. The van der Waals surface area contributed by atoms with Gasteiger partial charge in [-0.25, -0.2) is 4.79 Å². The number of nitrogens with one attached hydrogen (secondary N) is 1. The molecule has 0 saturated heterocycles. The third kappa shape index (κ3) is 4.72. The number of furan rings is 1. The van der Waals surface area contributed by atoms with Gasteiger partial charge in [-0.3, -0.25) is 9.69 Å². The minimum Gasteiger partial charge on any atom is -0.467 e. The Balaban J connectivity index is 1.45. The van der Waals surface area contributed by atoms with Gasteiger partial charge in [0.2, 0.25) is 5.91 Å². The molecular weight excluding hydrogens is 440 g/mol. The van der Waals surface area contributed by atoms with E-state index in [9.17, 15) is 9.59 Å². The normalized spacial score (nSPS) is 17.5. The summed E-state index contributed by atoms with van der Waals surface area (Å²) in [4.78, 5) is 30.8. The zero-order valence-electron chi connectivity index (χ0n) is 20.4. The van der Waals surface area contributed by atoms with Gasteiger partial charge in [-0.1, -0.05) is 44.7 Å². The second kappa shape index (κ2) is 10.4. The van der Waals surface area contributed by atoms with Crippen LogP contribution in [0, 0.1) is 0 Å². The van der Waals surface area contributed by atoms with Crippen molar-refractivity contribution in [2.45, 2.75) is 64.0 Å². The zero-order valence-corrected chi connectivity index (χ0v) is 20.4. The fraction of sp³-hybridized carbons (Fsp3) is 0.429. The van der Waals surface area contributed by atoms with Crippen molar-refractivity contribution in [3.8, 4) is 5.69 Å². The number of carbonyl (C=O) groups is 2. The maximum absolute atomic E-state index is 14.0. The summed E-state index contributed by atoms with van der Waals surface area (Å²) in [5.74, 6) is 0.570. The number of fused-ring (bicyclic) bond motifs is 3. The molecule has 3 amide bonds. The van der Waals surface area contributed by atoms with E-state index in [-0.39, 0.29) is 24.5 Å². The molecule has 1 aromatic carbocycles. The minimum atomic E-state index is -0.406. The first-order valence-electron chi connectivity index (χ1n) is 12.8. The van der Waals surface area contributed by atoms with Gasteiger partial charge in [-0.2, -0.15) is 0 Å². The maximum atomic E-state index is 14.0. The smallest absolute Gasteiger partial charge is 0.318 e. The van der Waals surface area contributed by atoms with Crippen LogP contribution in [0.2, 0.25) is 0 Å². The van der Waals surface area contributed by atoms with E-state index in [0.29, 0.717) is 12.3 Å². The number of benzene rings is 1. The van der Waals surface area contributed by atoms with Crippen molar-refractivity contribution in [1.29, 1.82) is 0 Å². The lowest BCUT2D eigenvalue weighted by Crippen LogP contribution is -2.51. The van der Waals surface area contributed by atoms with Crippen LogP contribution >= 0.6 is 0 Å². The average molecular weight is 475 g/mol. The van der Waals surface area contributed by atoms with Crippen LogP contribution in [0.1, 0.15) is 69.4 Å². The number of anilines is 1. The Hall–Kier alpha value is -3.48. The van der Waals surface area contributed by atoms with Crippen LogP contribution in [0.3, 0.4) is 0 Å². The molecule has 35 heavy (non-hydrogen) atoms. The molecule has 2 aliphatic rings. The Bertz CT molecular complexity index is 1150. The molecule has 1 aliphatic heterocycles. The van der Waals surface area contributed by atoms with Gasteiger partial charge in [0.25, 0.3) is 0 Å². The molecular formula is C28H34N4O3. The Kier molecular flexibility index (Phi) is 6.93. The predicted octanol–water partition coefficient (Wildman–Crippen LogP) is 5.65. The first-order chi connectivity index (χ1) is 17.2. The van der Waals surface area contributed by atoms with Crippen molar-refractivity contribution >= 4 is 17.6 Å². The first kappa shape index (κ1) is 23.3. The molecule has 2 aromatic heterocycles. The molecule has 1 fully saturated rings. The summed E-state index contributed by atoms with van der Waals surface area (Å²) in [7, 11) is 0. The lowest BCUT2D eigenvalue weighted by molar-refractivity contribution is -0.119. The van der Waals surface area contributed by atoms with Crippen molar-refractivity contribution in [3.05, 3.63) is 72.4 Å². The molecule has 1 saturated carbocycles. The lowest BCUT2D eigenvalue weighted by Gasteiger charge is -2.38. The van der Waals surface area contributed by atoms with E-state index in [2.05, 4.69) is 16.8 Å². The van der Waals surface area contributed by atoms with Crippen molar-refractivity contribution < 1.29 is 14.0 Å². The third-order valence-corrected chi connectivity index (χ3v) is 7.13. The monoisotopic (exact) mass is 474 g/mol. The highest BCUT2D eigenvalue weighted by Gasteiger charge is 2.38. The Morgan fingerprint density at radius 3 is 2.57 bits per heavy atom. The number of hydrogen-bond acceptors (Lipinski definition) is 3. The van der Waals surface area contributed by atoms with Crippen molar-refractivity contribution in [2.75, 3.05) is 18.0 Å². The highest BCUT2D eigenvalue weighted by molar-refractivity contribution is 6.00. The SMILES string of the molecule is CCCCN(CC(=O)N1c2ccccc2-n2cccc2C1c1ccco1)C(=O)NC1CCCCC1. The zero-order chi connectivity index (χ0) is 24.2. The molecule has 1 N–H and O–H groups in total. The molecule has 0 bridgehead atoms. The largest absolute Gasteiger partial charge is 0.467 e. The number of unbranched alkanes of at least 4 members (excludes halogenated alkanes) is 1. The van der Waals surface area contributed by atoms with Gasteiger partial charge in [0.1, 0.15) is 18.3 Å². The van der Waals surface area contributed by atoms with Crippen LogP contribution in [-0.4, -0.2) is 40.5 Å². The minimum absolute atomic E-state index is 0.0187. The van der Waals surface area contributed by atoms with Gasteiger partial charge in [-0.15, -0.1) is 0 Å². The Labute approximate surface area is 206 Å². The van der Waals surface area contributed by atoms with Crippen molar-refractivity contribution in [2.24, 2.45) is 0 Å². The second-order valence-corrected chi connectivity index (χ2v) is 9.53. The molecule has 1 unspecified atom stereocenters. The number of nitrogens with zero attached hydrogens (tertiary/aromatic N) is 3. The fourth-order valence-corrected chi connectivity index (χ4v) is 5.33. The van der Waals surface area contributed by atoms with Gasteiger partial charge < -0.3 is 19.2 Å². The first-order valence-corrected chi connectivity index (χ1v) is 12.8. The van der Waals surface area contributed by atoms with E-state index < -0.39 is 6.04 Å². The van der Waals surface area contributed by atoms with E-state index in [1.165, 1.54) is 6.42 Å². The van der Waals surface area contributed by atoms with Crippen LogP contribution in [0.5, 0.6) is 0 Å². The molecule has 0 spiro atoms. The lowest BCUT2D eigenvalue weighted by atomic mass is 9.96. The predicted molar refractivity (Wildman–Crippen MR) is 136 cm³/mol. The topological polar surface area (TPSA) is 70.7 Å². The fourth-order valence-electron chi connectivity index (χ4n) is 5.33. The van der Waals surface area contributed by atoms with Crippen LogP contribution in [0.15, 0.2) is 65.4 Å². The van der Waals surface area contributed by atoms with E-state index >= 15 is 0 Å². The summed E-state index contributed by atoms with van der Waals surface area (Å²) in [6.45, 7) is 2.67. The van der Waals surface area contributed by atoms with E-state index in [4.69, 9.17) is 4.42 Å². The number of hydrogen-bond donors (Lipinski definition) is 1. The van der Waals surface area contributed by atoms with E-state index in [1.807, 2.05) is 54.7 Å². The number of aromatic nitrogens is 1. The molecule has 3 aromatic rings. The molecule has 7 nitrogen and oxygen atoms in total. The van der Waals surface area contributed by atoms with Gasteiger partial charge in [0.15, 0.2) is 0 Å². The summed E-state index contributed by atoms with van der Waals surface area (Å²) in [5, 5.41) is 3.20. The molecule has 1 atom stereocenters. The number of rotatable bonds is 7. The van der Waals surface area contributed by atoms with Gasteiger partial charge in [0.05, 0.1) is 23.3 Å². The van der Waals surface area contributed by atoms with Crippen LogP contribution < -0.4 is 10.2 Å². The number of carbonyl (C=O) groups excluding carboxylic acids is 2. The standard InChI is InChI=1S/C28H34N4O3/c1-2-3-17-30(28(34)29-21-11-5-4-6-12-21)20-26(33)32-23-14-8-7-13-22(23)31-18-9-15-24(31)27(32)25-16-10-19-35-25/h7-10,13-16,18-19,21,27H,2-6,11-12,17,20H2,1H3,(H,29,34). The molecule has 7 heteroatoms. The van der Waals surface area contributed by atoms with Gasteiger partial charge in [-0.05, 0) is 55.7 Å². The quantitative estimate of drug-likeness (QED) is 0.481. The van der Waals surface area contributed by atoms with Gasteiger partial charge >= 0.3 is 6.03 Å². The summed E-state index contributed by atoms with van der Waals surface area (Å²) >= 11 is 0. The summed E-state index contributed by atoms with van der Waals surface area (Å²) in [5.41, 5.74) is 2.71. The molecule has 5 rings (SSSR count). The molecule has 184 valence electrons. The maximum Gasteiger partial charge on any atom is 0.318 e. The Morgan fingerprint density at radius 1 is 1.03 bits per heavy atom. The summed E-state index contributed by atoms with van der Waals surface area (Å²) in [6, 6.07) is 15.3. The average Bonchev–Trinajstić information content (AvgIpc) is 3.59. The van der Waals surface area contributed by atoms with E-state index in [1.54, 1.807) is 16.1 Å². The number of amides is 3. The molecule has 0 radical (unpaired) electrons. The number of para-hydroxylation sites is 2. The van der Waals surface area contributed by atoms with Crippen LogP contribution in [0.25, 0.3) is 5.69 Å². The highest BCUT2D eigenvalue weighted by atomic mass is 16.3. The highest BCUT2D eigenvalue weighted by Crippen LogP contribution is 2.42. The van der Waals surface area contributed by atoms with Crippen LogP contribution in [0.4, 0.5) is 10.5 Å². The second-order valence-electron chi connectivity index (χ2n) is 9.53. The summed E-state index contributed by atoms with van der Waals surface area (Å²) in [6.07, 6.45) is 11.0. The van der Waals surface area contributed by atoms with E-state index in [0.717, 1.165) is 55.6 Å². The van der Waals surface area contributed by atoms with Crippen molar-refractivity contribution in [1.82, 2.24) is 14.8 Å². The summed E-state index contributed by atoms with van der Waals surface area (Å²) < 4.78 is 7.92. The van der Waals surface area contributed by atoms with Crippen LogP contribution in [-0.2, 0) is 4.79 Å². The van der Waals surface area contributed by atoms with Gasteiger partial charge in [0, 0.05) is 18.8 Å². The molecule has 3 heterocycles. The molecule has 1 aliphatic carbocycles. The number of urea groups is 1.